The van der Waals surface area contributed by atoms with Crippen LogP contribution < -0.4 is 5.32 Å². The molecule has 0 bridgehead atoms. The first-order chi connectivity index (χ1) is 9.08. The van der Waals surface area contributed by atoms with E-state index in [0.29, 0.717) is 11.5 Å². The molecule has 0 spiro atoms. The van der Waals surface area contributed by atoms with E-state index in [1.54, 1.807) is 0 Å². The topological polar surface area (TPSA) is 41.6 Å². The second kappa shape index (κ2) is 7.99. The molecule has 0 rings (SSSR count). The van der Waals surface area contributed by atoms with Crippen molar-refractivity contribution in [2.24, 2.45) is 5.41 Å². The van der Waals surface area contributed by atoms with Gasteiger partial charge in [-0.25, -0.2) is 0 Å². The van der Waals surface area contributed by atoms with Gasteiger partial charge in [0.25, 0.3) is 0 Å². The zero-order valence-corrected chi connectivity index (χ0v) is 14.7. The Morgan fingerprint density at radius 1 is 1.25 bits per heavy atom. The number of methoxy groups -OCH3 is 1. The number of carbonyl (C=O) groups is 1. The predicted octanol–water partition coefficient (Wildman–Crippen LogP) is 2.67. The van der Waals surface area contributed by atoms with E-state index in [0.717, 1.165) is 25.8 Å². The Labute approximate surface area is 125 Å². The molecule has 120 valence electrons. The zero-order chi connectivity index (χ0) is 16.0. The van der Waals surface area contributed by atoms with Crippen LogP contribution in [-0.4, -0.2) is 50.2 Å². The molecule has 0 heterocycles. The van der Waals surface area contributed by atoms with Crippen LogP contribution in [-0.2, 0) is 9.53 Å². The number of hydrogen-bond acceptors (Lipinski definition) is 4. The molecule has 0 radical (unpaired) electrons. The van der Waals surface area contributed by atoms with Gasteiger partial charge in [0.1, 0.15) is 5.54 Å². The second-order valence-corrected chi connectivity index (χ2v) is 7.05. The van der Waals surface area contributed by atoms with Crippen molar-refractivity contribution in [2.75, 3.05) is 27.7 Å². The molecule has 2 unspecified atom stereocenters. The van der Waals surface area contributed by atoms with Gasteiger partial charge in [0.05, 0.1) is 7.11 Å². The van der Waals surface area contributed by atoms with Crippen LogP contribution in [0.5, 0.6) is 0 Å². The van der Waals surface area contributed by atoms with Crippen molar-refractivity contribution in [3.05, 3.63) is 0 Å². The highest BCUT2D eigenvalue weighted by Gasteiger charge is 2.31. The minimum atomic E-state index is -0.567. The van der Waals surface area contributed by atoms with E-state index in [1.165, 1.54) is 7.11 Å². The van der Waals surface area contributed by atoms with Crippen LogP contribution in [0.2, 0.25) is 0 Å². The lowest BCUT2D eigenvalue weighted by Crippen LogP contribution is -2.48. The normalized spacial score (nSPS) is 16.9. The molecule has 0 saturated carbocycles. The molecule has 0 aliphatic carbocycles. The summed E-state index contributed by atoms with van der Waals surface area (Å²) in [5, 5.41) is 3.08. The number of hydrogen-bond donors (Lipinski definition) is 1. The molecule has 0 amide bonds. The molecule has 2 atom stereocenters. The van der Waals surface area contributed by atoms with Gasteiger partial charge in [0.15, 0.2) is 0 Å². The Hall–Kier alpha value is -0.610. The summed E-state index contributed by atoms with van der Waals surface area (Å²) in [6.07, 6.45) is 2.90. The van der Waals surface area contributed by atoms with Crippen molar-refractivity contribution in [1.29, 1.82) is 0 Å². The van der Waals surface area contributed by atoms with Crippen LogP contribution >= 0.6 is 0 Å². The summed E-state index contributed by atoms with van der Waals surface area (Å²) in [7, 11) is 5.43. The summed E-state index contributed by atoms with van der Waals surface area (Å²) >= 11 is 0. The van der Waals surface area contributed by atoms with Gasteiger partial charge in [-0.2, -0.15) is 0 Å². The molecule has 4 heteroatoms. The van der Waals surface area contributed by atoms with Gasteiger partial charge in [0.2, 0.25) is 0 Å². The second-order valence-electron chi connectivity index (χ2n) is 7.05. The van der Waals surface area contributed by atoms with Crippen LogP contribution in [0.25, 0.3) is 0 Å². The predicted molar refractivity (Wildman–Crippen MR) is 84.9 cm³/mol. The number of rotatable bonds is 8. The van der Waals surface area contributed by atoms with Crippen LogP contribution in [0.15, 0.2) is 0 Å². The maximum atomic E-state index is 11.7. The highest BCUT2D eigenvalue weighted by Crippen LogP contribution is 2.23. The quantitative estimate of drug-likeness (QED) is 0.550. The number of esters is 1. The van der Waals surface area contributed by atoms with Gasteiger partial charge < -0.3 is 15.0 Å². The summed E-state index contributed by atoms with van der Waals surface area (Å²) < 4.78 is 4.86. The zero-order valence-electron chi connectivity index (χ0n) is 14.7. The minimum absolute atomic E-state index is 0.184. The lowest BCUT2D eigenvalue weighted by molar-refractivity contribution is -0.148. The van der Waals surface area contributed by atoms with Gasteiger partial charge in [-0.1, -0.05) is 20.8 Å². The minimum Gasteiger partial charge on any atom is -0.468 e. The Morgan fingerprint density at radius 3 is 2.20 bits per heavy atom. The molecule has 0 aromatic carbocycles. The average molecular weight is 286 g/mol. The van der Waals surface area contributed by atoms with E-state index in [-0.39, 0.29) is 5.97 Å². The fourth-order valence-corrected chi connectivity index (χ4v) is 2.25. The Bertz CT molecular complexity index is 299. The molecule has 0 saturated heterocycles. The number of likely N-dealkylation sites (N-methyl/N-ethyl adjacent to an activating group) is 1. The number of carbonyl (C=O) groups excluding carboxylic acids is 1. The van der Waals surface area contributed by atoms with E-state index in [2.05, 4.69) is 45.0 Å². The maximum absolute atomic E-state index is 11.7. The molecule has 0 aliphatic rings. The van der Waals surface area contributed by atoms with Crippen molar-refractivity contribution < 1.29 is 9.53 Å². The summed E-state index contributed by atoms with van der Waals surface area (Å²) in [6, 6.07) is 0.541. The smallest absolute Gasteiger partial charge is 0.325 e. The van der Waals surface area contributed by atoms with Gasteiger partial charge >= 0.3 is 5.97 Å². The van der Waals surface area contributed by atoms with Gasteiger partial charge in [-0.3, -0.25) is 4.79 Å². The number of unbranched alkanes of at least 4 members (excludes halogenated alkanes) is 1. The molecule has 0 aliphatic heterocycles. The van der Waals surface area contributed by atoms with E-state index < -0.39 is 5.54 Å². The third-order valence-electron chi connectivity index (χ3n) is 4.54. The van der Waals surface area contributed by atoms with Crippen molar-refractivity contribution in [3.63, 3.8) is 0 Å². The number of ether oxygens (including phenoxy) is 1. The monoisotopic (exact) mass is 286 g/mol. The first-order valence-electron chi connectivity index (χ1n) is 7.56. The summed E-state index contributed by atoms with van der Waals surface area (Å²) in [6.45, 7) is 12.0. The molecular formula is C16H34N2O2. The number of nitrogens with one attached hydrogen (secondary N) is 1. The average Bonchev–Trinajstić information content (AvgIpc) is 2.40. The SMILES string of the molecule is CNC(C)(CCCCN(C)C(C)C(C)(C)C)C(=O)OC. The van der Waals surface area contributed by atoms with E-state index in [9.17, 15) is 4.79 Å². The van der Waals surface area contributed by atoms with Crippen LogP contribution in [0, 0.1) is 5.41 Å². The fraction of sp³-hybridized carbons (Fsp3) is 0.938. The molecule has 0 fully saturated rings. The molecule has 0 aromatic heterocycles. The van der Waals surface area contributed by atoms with Crippen LogP contribution in [0.4, 0.5) is 0 Å². The van der Waals surface area contributed by atoms with Crippen LogP contribution in [0.1, 0.15) is 53.9 Å². The van der Waals surface area contributed by atoms with Crippen LogP contribution in [0.3, 0.4) is 0 Å². The van der Waals surface area contributed by atoms with Gasteiger partial charge in [0, 0.05) is 6.04 Å². The summed E-state index contributed by atoms with van der Waals surface area (Å²) in [4.78, 5) is 14.1. The number of nitrogens with zero attached hydrogens (tertiary/aromatic N) is 1. The third kappa shape index (κ3) is 5.80. The fourth-order valence-electron chi connectivity index (χ4n) is 2.25. The molecule has 1 N–H and O–H groups in total. The Morgan fingerprint density at radius 2 is 1.80 bits per heavy atom. The summed E-state index contributed by atoms with van der Waals surface area (Å²) in [5.74, 6) is -0.184. The highest BCUT2D eigenvalue weighted by atomic mass is 16.5. The first-order valence-corrected chi connectivity index (χ1v) is 7.56. The highest BCUT2D eigenvalue weighted by molar-refractivity contribution is 5.80. The van der Waals surface area contributed by atoms with E-state index in [4.69, 9.17) is 4.74 Å². The van der Waals surface area contributed by atoms with Crippen molar-refractivity contribution in [3.8, 4) is 0 Å². The van der Waals surface area contributed by atoms with E-state index in [1.807, 2.05) is 14.0 Å². The largest absolute Gasteiger partial charge is 0.468 e. The molecule has 0 aromatic rings. The molecular weight excluding hydrogens is 252 g/mol. The van der Waals surface area contributed by atoms with Crippen molar-refractivity contribution in [2.45, 2.75) is 65.5 Å². The van der Waals surface area contributed by atoms with Gasteiger partial charge in [-0.15, -0.1) is 0 Å². The standard InChI is InChI=1S/C16H34N2O2/c1-13(15(2,3)4)18(7)12-10-9-11-16(5,17-6)14(19)20-8/h13,17H,9-12H2,1-8H3. The first kappa shape index (κ1) is 19.4. The third-order valence-corrected chi connectivity index (χ3v) is 4.54. The summed E-state index contributed by atoms with van der Waals surface area (Å²) in [5.41, 5.74) is -0.275. The van der Waals surface area contributed by atoms with E-state index >= 15 is 0 Å². The molecule has 4 nitrogen and oxygen atoms in total. The Balaban J connectivity index is 4.17. The van der Waals surface area contributed by atoms with Crippen molar-refractivity contribution >= 4 is 5.97 Å². The van der Waals surface area contributed by atoms with Gasteiger partial charge in [-0.05, 0) is 59.2 Å². The molecule has 20 heavy (non-hydrogen) atoms. The van der Waals surface area contributed by atoms with Crippen molar-refractivity contribution in [1.82, 2.24) is 10.2 Å². The maximum Gasteiger partial charge on any atom is 0.325 e. The lowest BCUT2D eigenvalue weighted by atomic mass is 9.87. The Kier molecular flexibility index (Phi) is 7.74. The lowest BCUT2D eigenvalue weighted by Gasteiger charge is -2.35.